The van der Waals surface area contributed by atoms with Crippen molar-refractivity contribution in [2.45, 2.75) is 51.7 Å². The smallest absolute Gasteiger partial charge is 0.137 e. The summed E-state index contributed by atoms with van der Waals surface area (Å²) < 4.78 is 5.88. The van der Waals surface area contributed by atoms with Gasteiger partial charge in [-0.1, -0.05) is 19.9 Å². The van der Waals surface area contributed by atoms with Crippen molar-refractivity contribution < 1.29 is 9.84 Å². The Morgan fingerprint density at radius 2 is 2.00 bits per heavy atom. The molecule has 1 aliphatic carbocycles. The van der Waals surface area contributed by atoms with E-state index in [0.717, 1.165) is 18.6 Å². The molecule has 0 radical (unpaired) electrons. The number of hydrogen-bond donors (Lipinski definition) is 2. The van der Waals surface area contributed by atoms with Crippen molar-refractivity contribution in [3.05, 3.63) is 29.3 Å². The van der Waals surface area contributed by atoms with Gasteiger partial charge < -0.3 is 15.6 Å². The molecule has 0 spiro atoms. The molecule has 0 amide bonds. The van der Waals surface area contributed by atoms with Crippen LogP contribution in [0.5, 0.6) is 5.75 Å². The summed E-state index contributed by atoms with van der Waals surface area (Å²) >= 11 is 0. The summed E-state index contributed by atoms with van der Waals surface area (Å²) in [6.45, 7) is 4.22. The molecular formula is C16H25NO2. The molecule has 0 aromatic heterocycles. The third kappa shape index (κ3) is 3.71. The lowest BCUT2D eigenvalue weighted by atomic mass is 10.0. The quantitative estimate of drug-likeness (QED) is 0.828. The van der Waals surface area contributed by atoms with Crippen LogP contribution in [0.2, 0.25) is 0 Å². The molecule has 0 saturated heterocycles. The van der Waals surface area contributed by atoms with Crippen molar-refractivity contribution in [2.24, 2.45) is 11.7 Å². The van der Waals surface area contributed by atoms with Gasteiger partial charge in [0.2, 0.25) is 0 Å². The normalized spacial score (nSPS) is 17.3. The minimum atomic E-state index is -0.318. The zero-order chi connectivity index (χ0) is 13.8. The van der Waals surface area contributed by atoms with Gasteiger partial charge in [-0.2, -0.15) is 0 Å². The van der Waals surface area contributed by atoms with E-state index in [1.165, 1.54) is 24.0 Å². The summed E-state index contributed by atoms with van der Waals surface area (Å²) in [5.41, 5.74) is 8.92. The first-order valence-corrected chi connectivity index (χ1v) is 7.25. The highest BCUT2D eigenvalue weighted by Gasteiger charge is 2.20. The first-order chi connectivity index (χ1) is 9.10. The number of aliphatic hydroxyl groups is 1. The molecular weight excluding hydrogens is 238 g/mol. The van der Waals surface area contributed by atoms with Crippen molar-refractivity contribution >= 4 is 0 Å². The first kappa shape index (κ1) is 14.4. The van der Waals surface area contributed by atoms with Crippen LogP contribution in [0.4, 0.5) is 0 Å². The van der Waals surface area contributed by atoms with E-state index in [1.54, 1.807) is 0 Å². The fourth-order valence-electron chi connectivity index (χ4n) is 2.75. The van der Waals surface area contributed by atoms with Crippen molar-refractivity contribution in [1.82, 2.24) is 0 Å². The zero-order valence-corrected chi connectivity index (χ0v) is 11.9. The Morgan fingerprint density at radius 3 is 2.68 bits per heavy atom. The van der Waals surface area contributed by atoms with Gasteiger partial charge in [0.05, 0.1) is 6.61 Å². The molecule has 1 aliphatic rings. The second kappa shape index (κ2) is 6.40. The molecule has 2 rings (SSSR count). The van der Waals surface area contributed by atoms with Crippen LogP contribution >= 0.6 is 0 Å². The van der Waals surface area contributed by atoms with E-state index in [1.807, 2.05) is 6.07 Å². The number of aliphatic hydroxyl groups excluding tert-OH is 1. The number of rotatable bonds is 6. The van der Waals surface area contributed by atoms with E-state index < -0.39 is 0 Å². The monoisotopic (exact) mass is 263 g/mol. The lowest BCUT2D eigenvalue weighted by Crippen LogP contribution is -2.42. The van der Waals surface area contributed by atoms with Crippen LogP contribution in [0, 0.1) is 5.92 Å². The second-order valence-electron chi connectivity index (χ2n) is 5.92. The van der Waals surface area contributed by atoms with Crippen molar-refractivity contribution in [2.75, 3.05) is 6.61 Å². The lowest BCUT2D eigenvalue weighted by molar-refractivity contribution is 0.0881. The number of fused-ring (bicyclic) bond motifs is 1. The van der Waals surface area contributed by atoms with Gasteiger partial charge in [0.1, 0.15) is 11.9 Å². The molecule has 1 aromatic rings. The van der Waals surface area contributed by atoms with E-state index in [9.17, 15) is 5.11 Å². The Morgan fingerprint density at radius 1 is 1.26 bits per heavy atom. The molecule has 0 bridgehead atoms. The summed E-state index contributed by atoms with van der Waals surface area (Å²) in [6, 6.07) is 6.11. The van der Waals surface area contributed by atoms with E-state index in [0.29, 0.717) is 5.92 Å². The maximum Gasteiger partial charge on any atom is 0.137 e. The molecule has 3 nitrogen and oxygen atoms in total. The Hall–Kier alpha value is -1.06. The predicted molar refractivity (Wildman–Crippen MR) is 77.4 cm³/mol. The van der Waals surface area contributed by atoms with Gasteiger partial charge in [-0.15, -0.1) is 0 Å². The van der Waals surface area contributed by atoms with E-state index in [-0.39, 0.29) is 18.8 Å². The maximum absolute atomic E-state index is 9.46. The number of ether oxygens (including phenoxy) is 1. The summed E-state index contributed by atoms with van der Waals surface area (Å²) in [7, 11) is 0. The Balaban J connectivity index is 2.01. The average Bonchev–Trinajstić information content (AvgIpc) is 2.82. The molecule has 0 aliphatic heterocycles. The fraction of sp³-hybridized carbons (Fsp3) is 0.625. The number of nitrogens with two attached hydrogens (primary N) is 1. The summed E-state index contributed by atoms with van der Waals surface area (Å²) in [5, 5.41) is 9.46. The molecule has 3 heteroatoms. The fourth-order valence-corrected chi connectivity index (χ4v) is 2.75. The third-order valence-electron chi connectivity index (χ3n) is 3.76. The molecule has 1 aromatic carbocycles. The lowest BCUT2D eigenvalue weighted by Gasteiger charge is -2.25. The van der Waals surface area contributed by atoms with Crippen LogP contribution in [0.15, 0.2) is 18.2 Å². The van der Waals surface area contributed by atoms with Gasteiger partial charge in [-0.25, -0.2) is 0 Å². The SMILES string of the molecule is CC(C)CC(N)C(CO)Oc1ccc2c(c1)CCC2. The van der Waals surface area contributed by atoms with Crippen LogP contribution < -0.4 is 10.5 Å². The Labute approximate surface area is 115 Å². The Bertz CT molecular complexity index is 417. The number of hydrogen-bond acceptors (Lipinski definition) is 3. The van der Waals surface area contributed by atoms with Gasteiger partial charge in [-0.05, 0) is 54.9 Å². The van der Waals surface area contributed by atoms with Crippen molar-refractivity contribution in [3.63, 3.8) is 0 Å². The molecule has 106 valence electrons. The van der Waals surface area contributed by atoms with Gasteiger partial charge in [0.15, 0.2) is 0 Å². The minimum absolute atomic E-state index is 0.0367. The van der Waals surface area contributed by atoms with E-state index in [4.69, 9.17) is 10.5 Å². The highest BCUT2D eigenvalue weighted by molar-refractivity contribution is 5.38. The zero-order valence-electron chi connectivity index (χ0n) is 11.9. The van der Waals surface area contributed by atoms with Gasteiger partial charge in [0, 0.05) is 6.04 Å². The van der Waals surface area contributed by atoms with Crippen molar-refractivity contribution in [1.29, 1.82) is 0 Å². The summed E-state index contributed by atoms with van der Waals surface area (Å²) in [5.74, 6) is 1.34. The molecule has 0 saturated carbocycles. The van der Waals surface area contributed by atoms with Crippen LogP contribution in [0.1, 0.15) is 37.8 Å². The first-order valence-electron chi connectivity index (χ1n) is 7.25. The molecule has 0 fully saturated rings. The standard InChI is InChI=1S/C16H25NO2/c1-11(2)8-15(17)16(10-18)19-14-7-6-12-4-3-5-13(12)9-14/h6-7,9,11,15-16,18H,3-5,8,10,17H2,1-2H3. The second-order valence-corrected chi connectivity index (χ2v) is 5.92. The van der Waals surface area contributed by atoms with Crippen LogP contribution in [-0.4, -0.2) is 23.9 Å². The predicted octanol–water partition coefficient (Wildman–Crippen LogP) is 2.29. The third-order valence-corrected chi connectivity index (χ3v) is 3.76. The summed E-state index contributed by atoms with van der Waals surface area (Å²) in [6.07, 6.45) is 4.08. The van der Waals surface area contributed by atoms with Crippen LogP contribution in [0.3, 0.4) is 0 Å². The molecule has 2 atom stereocenters. The van der Waals surface area contributed by atoms with Crippen LogP contribution in [-0.2, 0) is 12.8 Å². The topological polar surface area (TPSA) is 55.5 Å². The van der Waals surface area contributed by atoms with Gasteiger partial charge in [-0.3, -0.25) is 0 Å². The van der Waals surface area contributed by atoms with Crippen LogP contribution in [0.25, 0.3) is 0 Å². The number of benzene rings is 1. The van der Waals surface area contributed by atoms with E-state index >= 15 is 0 Å². The van der Waals surface area contributed by atoms with Gasteiger partial charge >= 0.3 is 0 Å². The van der Waals surface area contributed by atoms with Gasteiger partial charge in [0.25, 0.3) is 0 Å². The average molecular weight is 263 g/mol. The minimum Gasteiger partial charge on any atom is -0.486 e. The highest BCUT2D eigenvalue weighted by atomic mass is 16.5. The Kier molecular flexibility index (Phi) is 4.83. The maximum atomic E-state index is 9.46. The molecule has 0 heterocycles. The number of aryl methyl sites for hydroxylation is 2. The molecule has 2 unspecified atom stereocenters. The summed E-state index contributed by atoms with van der Waals surface area (Å²) in [4.78, 5) is 0. The largest absolute Gasteiger partial charge is 0.486 e. The molecule has 19 heavy (non-hydrogen) atoms. The van der Waals surface area contributed by atoms with E-state index in [2.05, 4.69) is 26.0 Å². The highest BCUT2D eigenvalue weighted by Crippen LogP contribution is 2.27. The van der Waals surface area contributed by atoms with Crippen molar-refractivity contribution in [3.8, 4) is 5.75 Å². The molecule has 3 N–H and O–H groups in total.